The highest BCUT2D eigenvalue weighted by Gasteiger charge is 2.18. The van der Waals surface area contributed by atoms with Crippen LogP contribution in [0.25, 0.3) is 0 Å². The van der Waals surface area contributed by atoms with Gasteiger partial charge in [0.1, 0.15) is 10.3 Å². The number of anilines is 1. The highest BCUT2D eigenvalue weighted by atomic mass is 79.9. The highest BCUT2D eigenvalue weighted by molar-refractivity contribution is 9.10. The first-order valence-electron chi connectivity index (χ1n) is 6.19. The van der Waals surface area contributed by atoms with Crippen LogP contribution in [0, 0.1) is 0 Å². The molecule has 1 heterocycles. The number of hydrogen-bond acceptors (Lipinski definition) is 4. The van der Waals surface area contributed by atoms with E-state index in [0.717, 1.165) is 0 Å². The molecule has 1 N–H and O–H groups in total. The summed E-state index contributed by atoms with van der Waals surface area (Å²) in [5.74, 6) is -0.496. The molecule has 110 valence electrons. The topological polar surface area (TPSA) is 76.1 Å². The molecular formula is C14H13BrN2O3S. The third kappa shape index (κ3) is 3.68. The van der Waals surface area contributed by atoms with E-state index < -0.39 is 15.7 Å². The Balaban J connectivity index is 2.35. The van der Waals surface area contributed by atoms with Gasteiger partial charge in [-0.2, -0.15) is 0 Å². The van der Waals surface area contributed by atoms with Crippen molar-refractivity contribution in [2.75, 3.05) is 11.1 Å². The molecule has 0 aliphatic carbocycles. The van der Waals surface area contributed by atoms with Crippen LogP contribution in [0.15, 0.2) is 52.0 Å². The van der Waals surface area contributed by atoms with Crippen LogP contribution in [-0.4, -0.2) is 25.1 Å². The number of sulfone groups is 1. The van der Waals surface area contributed by atoms with E-state index in [2.05, 4.69) is 26.2 Å². The summed E-state index contributed by atoms with van der Waals surface area (Å²) >= 11 is 3.19. The second-order valence-corrected chi connectivity index (χ2v) is 7.26. The van der Waals surface area contributed by atoms with Gasteiger partial charge in [0.2, 0.25) is 0 Å². The molecule has 0 bridgehead atoms. The van der Waals surface area contributed by atoms with Crippen molar-refractivity contribution in [1.82, 2.24) is 4.98 Å². The average Bonchev–Trinajstić information content (AvgIpc) is 2.47. The van der Waals surface area contributed by atoms with Gasteiger partial charge in [-0.3, -0.25) is 4.79 Å². The number of carbonyl (C=O) groups is 1. The number of para-hydroxylation sites is 1. The monoisotopic (exact) mass is 368 g/mol. The van der Waals surface area contributed by atoms with Crippen molar-refractivity contribution in [2.45, 2.75) is 11.8 Å². The van der Waals surface area contributed by atoms with Gasteiger partial charge in [0.05, 0.1) is 16.3 Å². The zero-order valence-electron chi connectivity index (χ0n) is 11.2. The van der Waals surface area contributed by atoms with Crippen molar-refractivity contribution in [2.24, 2.45) is 0 Å². The Morgan fingerprint density at radius 2 is 1.90 bits per heavy atom. The first kappa shape index (κ1) is 15.7. The van der Waals surface area contributed by atoms with Gasteiger partial charge < -0.3 is 5.32 Å². The van der Waals surface area contributed by atoms with Crippen LogP contribution in [0.5, 0.6) is 0 Å². The van der Waals surface area contributed by atoms with Crippen molar-refractivity contribution >= 4 is 37.4 Å². The molecule has 0 saturated heterocycles. The lowest BCUT2D eigenvalue weighted by Gasteiger charge is -2.10. The fourth-order valence-corrected chi connectivity index (χ4v) is 3.11. The zero-order valence-corrected chi connectivity index (χ0v) is 13.6. The van der Waals surface area contributed by atoms with Crippen molar-refractivity contribution in [3.05, 3.63) is 52.8 Å². The number of hydrogen-bond donors (Lipinski definition) is 1. The van der Waals surface area contributed by atoms with Gasteiger partial charge in [-0.05, 0) is 40.2 Å². The fourth-order valence-electron chi connectivity index (χ4n) is 1.72. The van der Waals surface area contributed by atoms with Gasteiger partial charge in [-0.25, -0.2) is 13.4 Å². The Labute approximate surface area is 131 Å². The summed E-state index contributed by atoms with van der Waals surface area (Å²) in [6.45, 7) is 1.56. The van der Waals surface area contributed by atoms with Crippen LogP contribution in [0.3, 0.4) is 0 Å². The van der Waals surface area contributed by atoms with Crippen molar-refractivity contribution in [3.63, 3.8) is 0 Å². The Hall–Kier alpha value is -1.73. The Bertz CT molecular complexity index is 775. The largest absolute Gasteiger partial charge is 0.319 e. The maximum atomic E-state index is 12.1. The van der Waals surface area contributed by atoms with Gasteiger partial charge >= 0.3 is 0 Å². The van der Waals surface area contributed by atoms with E-state index in [4.69, 9.17) is 0 Å². The van der Waals surface area contributed by atoms with Crippen molar-refractivity contribution in [3.8, 4) is 0 Å². The van der Waals surface area contributed by atoms with E-state index in [-0.39, 0.29) is 22.0 Å². The summed E-state index contributed by atoms with van der Waals surface area (Å²) in [6.07, 6.45) is 0. The summed E-state index contributed by atoms with van der Waals surface area (Å²) in [5.41, 5.74) is 0.458. The van der Waals surface area contributed by atoms with Crippen molar-refractivity contribution < 1.29 is 13.2 Å². The number of pyridine rings is 1. The maximum absolute atomic E-state index is 12.1. The molecule has 0 aliphatic rings. The number of aromatic nitrogens is 1. The Morgan fingerprint density at radius 1 is 1.19 bits per heavy atom. The van der Waals surface area contributed by atoms with Gasteiger partial charge in [0.15, 0.2) is 9.84 Å². The number of rotatable bonds is 4. The molecule has 0 unspecified atom stereocenters. The highest BCUT2D eigenvalue weighted by Crippen LogP contribution is 2.22. The SMILES string of the molecule is CCS(=O)(=O)c1ccccc1NC(=O)c1cccc(Br)n1. The lowest BCUT2D eigenvalue weighted by Crippen LogP contribution is -2.16. The van der Waals surface area contributed by atoms with Crippen LogP contribution >= 0.6 is 15.9 Å². The number of halogens is 1. The standard InChI is InChI=1S/C14H13BrN2O3S/c1-2-21(19,20)12-8-4-3-6-10(12)17-14(18)11-7-5-9-13(15)16-11/h3-9H,2H2,1H3,(H,17,18). The number of carbonyl (C=O) groups excluding carboxylic acids is 1. The van der Waals surface area contributed by atoms with Crippen LogP contribution in [0.1, 0.15) is 17.4 Å². The average molecular weight is 369 g/mol. The van der Waals surface area contributed by atoms with Crippen LogP contribution in [0.2, 0.25) is 0 Å². The summed E-state index contributed by atoms with van der Waals surface area (Å²) in [7, 11) is -3.41. The van der Waals surface area contributed by atoms with Crippen molar-refractivity contribution in [1.29, 1.82) is 0 Å². The van der Waals surface area contributed by atoms with Crippen LogP contribution in [-0.2, 0) is 9.84 Å². The molecule has 0 fully saturated rings. The number of amides is 1. The molecule has 0 radical (unpaired) electrons. The van der Waals surface area contributed by atoms with E-state index in [1.54, 1.807) is 43.3 Å². The number of nitrogens with one attached hydrogen (secondary N) is 1. The third-order valence-electron chi connectivity index (χ3n) is 2.80. The molecule has 1 amide bonds. The first-order valence-corrected chi connectivity index (χ1v) is 8.64. The molecule has 7 heteroatoms. The van der Waals surface area contributed by atoms with Gasteiger partial charge in [0, 0.05) is 0 Å². The zero-order chi connectivity index (χ0) is 15.5. The third-order valence-corrected chi connectivity index (χ3v) is 5.03. The molecule has 0 aliphatic heterocycles. The second-order valence-electron chi connectivity index (χ2n) is 4.20. The predicted molar refractivity (Wildman–Crippen MR) is 84.1 cm³/mol. The van der Waals surface area contributed by atoms with Gasteiger partial charge in [0.25, 0.3) is 5.91 Å². The molecule has 0 atom stereocenters. The Morgan fingerprint density at radius 3 is 2.57 bits per heavy atom. The summed E-state index contributed by atoms with van der Waals surface area (Å²) < 4.78 is 24.6. The second kappa shape index (κ2) is 6.36. The Kier molecular flexibility index (Phi) is 4.74. The predicted octanol–water partition coefficient (Wildman–Crippen LogP) is 2.89. The molecule has 0 saturated carbocycles. The molecular weight excluding hydrogens is 356 g/mol. The van der Waals surface area contributed by atoms with Crippen LogP contribution in [0.4, 0.5) is 5.69 Å². The number of nitrogens with zero attached hydrogens (tertiary/aromatic N) is 1. The van der Waals surface area contributed by atoms with E-state index in [0.29, 0.717) is 4.60 Å². The minimum Gasteiger partial charge on any atom is -0.319 e. The normalized spacial score (nSPS) is 11.1. The molecule has 0 spiro atoms. The van der Waals surface area contributed by atoms with E-state index in [1.807, 2.05) is 0 Å². The van der Waals surface area contributed by atoms with Gasteiger partial charge in [-0.15, -0.1) is 0 Å². The molecule has 21 heavy (non-hydrogen) atoms. The quantitative estimate of drug-likeness (QED) is 0.841. The molecule has 1 aromatic heterocycles. The summed E-state index contributed by atoms with van der Waals surface area (Å²) in [5, 5.41) is 2.59. The van der Waals surface area contributed by atoms with E-state index in [9.17, 15) is 13.2 Å². The molecule has 1 aromatic carbocycles. The molecule has 5 nitrogen and oxygen atoms in total. The maximum Gasteiger partial charge on any atom is 0.274 e. The first-order chi connectivity index (χ1) is 9.94. The minimum atomic E-state index is -3.41. The van der Waals surface area contributed by atoms with Gasteiger partial charge in [-0.1, -0.05) is 25.1 Å². The lowest BCUT2D eigenvalue weighted by atomic mass is 10.3. The summed E-state index contributed by atoms with van der Waals surface area (Å²) in [6, 6.07) is 11.2. The summed E-state index contributed by atoms with van der Waals surface area (Å²) in [4.78, 5) is 16.3. The van der Waals surface area contributed by atoms with E-state index >= 15 is 0 Å². The molecule has 2 aromatic rings. The van der Waals surface area contributed by atoms with Crippen LogP contribution < -0.4 is 5.32 Å². The fraction of sp³-hybridized carbons (Fsp3) is 0.143. The molecule has 2 rings (SSSR count). The smallest absolute Gasteiger partial charge is 0.274 e. The van der Waals surface area contributed by atoms with E-state index in [1.165, 1.54) is 6.07 Å². The number of benzene rings is 1. The lowest BCUT2D eigenvalue weighted by molar-refractivity contribution is 0.102. The minimum absolute atomic E-state index is 0.0327.